The number of nitrogens with zero attached hydrogens (tertiary/aromatic N) is 1. The molecule has 0 N–H and O–H groups in total. The van der Waals surface area contributed by atoms with Gasteiger partial charge >= 0.3 is 0 Å². The van der Waals surface area contributed by atoms with Gasteiger partial charge in [-0.1, -0.05) is 0 Å². The van der Waals surface area contributed by atoms with Crippen LogP contribution in [0.3, 0.4) is 0 Å². The molecule has 82 valence electrons. The van der Waals surface area contributed by atoms with E-state index in [0.717, 1.165) is 6.07 Å². The van der Waals surface area contributed by atoms with Crippen molar-refractivity contribution in [3.05, 3.63) is 21.9 Å². The third kappa shape index (κ3) is 2.63. The van der Waals surface area contributed by atoms with Crippen molar-refractivity contribution >= 4 is 32.8 Å². The van der Waals surface area contributed by atoms with E-state index in [4.69, 9.17) is 16.3 Å². The minimum absolute atomic E-state index is 0.118. The number of methoxy groups -OCH3 is 1. The van der Waals surface area contributed by atoms with E-state index in [1.807, 2.05) is 0 Å². The number of pyridine rings is 1. The number of hydrogen-bond donors (Lipinski definition) is 0. The first-order valence-electron chi connectivity index (χ1n) is 3.69. The Hall–Kier alpha value is -0.750. The van der Waals surface area contributed by atoms with Crippen molar-refractivity contribution in [3.63, 3.8) is 0 Å². The van der Waals surface area contributed by atoms with Crippen molar-refractivity contribution in [1.29, 1.82) is 0 Å². The second kappa shape index (κ2) is 4.85. The van der Waals surface area contributed by atoms with E-state index in [9.17, 15) is 13.6 Å². The Morgan fingerprint density at radius 3 is 2.67 bits per heavy atom. The molecule has 1 rings (SSSR count). The average Bonchev–Trinajstić information content (AvgIpc) is 2.16. The number of hydrogen-bond acceptors (Lipinski definition) is 3. The molecule has 0 radical (unpaired) electrons. The molecule has 0 bridgehead atoms. The summed E-state index contributed by atoms with van der Waals surface area (Å²) in [6.07, 6.45) is -2.84. The lowest BCUT2D eigenvalue weighted by molar-refractivity contribution is 0.106. The first-order valence-corrected chi connectivity index (χ1v) is 4.87. The molecule has 0 saturated heterocycles. The highest BCUT2D eigenvalue weighted by atomic mass is 79.9. The van der Waals surface area contributed by atoms with E-state index >= 15 is 0 Å². The SMILES string of the molecule is COc1cc(C(F)F)c(C(=O)Cl)nc1Br. The van der Waals surface area contributed by atoms with Crippen LogP contribution in [0.5, 0.6) is 5.75 Å². The fourth-order valence-electron chi connectivity index (χ4n) is 0.954. The van der Waals surface area contributed by atoms with Gasteiger partial charge in [0.1, 0.15) is 10.3 Å². The number of ether oxygens (including phenoxy) is 1. The van der Waals surface area contributed by atoms with Gasteiger partial charge in [-0.25, -0.2) is 13.8 Å². The molecule has 0 aliphatic carbocycles. The van der Waals surface area contributed by atoms with Crippen molar-refractivity contribution in [2.24, 2.45) is 0 Å². The van der Waals surface area contributed by atoms with E-state index < -0.39 is 22.9 Å². The van der Waals surface area contributed by atoms with Crippen molar-refractivity contribution in [2.75, 3.05) is 7.11 Å². The highest BCUT2D eigenvalue weighted by molar-refractivity contribution is 9.10. The lowest BCUT2D eigenvalue weighted by atomic mass is 10.2. The number of halogens is 4. The first kappa shape index (κ1) is 12.3. The Balaban J connectivity index is 3.38. The minimum Gasteiger partial charge on any atom is -0.494 e. The molecule has 0 aromatic carbocycles. The summed E-state index contributed by atoms with van der Waals surface area (Å²) in [4.78, 5) is 14.4. The summed E-state index contributed by atoms with van der Waals surface area (Å²) in [7, 11) is 1.30. The van der Waals surface area contributed by atoms with Gasteiger partial charge in [0.2, 0.25) is 0 Å². The van der Waals surface area contributed by atoms with Crippen molar-refractivity contribution in [2.45, 2.75) is 6.43 Å². The van der Waals surface area contributed by atoms with Crippen LogP contribution >= 0.6 is 27.5 Å². The number of carbonyl (C=O) groups excluding carboxylic acids is 1. The summed E-state index contributed by atoms with van der Waals surface area (Å²) in [6, 6.07) is 1.03. The van der Waals surface area contributed by atoms with Crippen molar-refractivity contribution in [1.82, 2.24) is 4.98 Å². The molecule has 0 saturated carbocycles. The van der Waals surface area contributed by atoms with E-state index in [1.54, 1.807) is 0 Å². The summed E-state index contributed by atoms with van der Waals surface area (Å²) < 4.78 is 30.0. The van der Waals surface area contributed by atoms with Gasteiger partial charge in [0.15, 0.2) is 5.75 Å². The Labute approximate surface area is 97.5 Å². The van der Waals surface area contributed by atoms with Gasteiger partial charge in [-0.15, -0.1) is 0 Å². The Kier molecular flexibility index (Phi) is 3.98. The number of aromatic nitrogens is 1. The van der Waals surface area contributed by atoms with E-state index in [0.29, 0.717) is 0 Å². The van der Waals surface area contributed by atoms with Crippen LogP contribution in [0.15, 0.2) is 10.7 Å². The molecular weight excluding hydrogens is 295 g/mol. The van der Waals surface area contributed by atoms with Crippen molar-refractivity contribution in [3.8, 4) is 5.75 Å². The molecule has 15 heavy (non-hydrogen) atoms. The number of alkyl halides is 2. The second-order valence-electron chi connectivity index (χ2n) is 2.49. The van der Waals surface area contributed by atoms with E-state index in [1.165, 1.54) is 7.11 Å². The van der Waals surface area contributed by atoms with E-state index in [-0.39, 0.29) is 10.4 Å². The predicted octanol–water partition coefficient (Wildman–Crippen LogP) is 3.17. The maximum Gasteiger partial charge on any atom is 0.271 e. The quantitative estimate of drug-likeness (QED) is 0.636. The Morgan fingerprint density at radius 2 is 2.27 bits per heavy atom. The van der Waals surface area contributed by atoms with Crippen LogP contribution in [0.1, 0.15) is 22.5 Å². The zero-order valence-corrected chi connectivity index (χ0v) is 9.77. The van der Waals surface area contributed by atoms with Crippen LogP contribution in [0.2, 0.25) is 0 Å². The average molecular weight is 300 g/mol. The van der Waals surface area contributed by atoms with Gasteiger partial charge in [-0.2, -0.15) is 0 Å². The molecular formula is C8H5BrClF2NO2. The maximum absolute atomic E-state index is 12.5. The lowest BCUT2D eigenvalue weighted by Crippen LogP contribution is -2.04. The van der Waals surface area contributed by atoms with Crippen LogP contribution in [-0.4, -0.2) is 17.3 Å². The smallest absolute Gasteiger partial charge is 0.271 e. The molecule has 0 fully saturated rings. The summed E-state index contributed by atoms with van der Waals surface area (Å²) in [5.41, 5.74) is -1.02. The molecule has 0 atom stereocenters. The summed E-state index contributed by atoms with van der Waals surface area (Å²) in [5, 5.41) is -1.03. The van der Waals surface area contributed by atoms with Gasteiger partial charge in [-0.05, 0) is 33.6 Å². The molecule has 0 aliphatic heterocycles. The van der Waals surface area contributed by atoms with Gasteiger partial charge in [0.05, 0.1) is 12.7 Å². The van der Waals surface area contributed by atoms with Gasteiger partial charge < -0.3 is 4.74 Å². The van der Waals surface area contributed by atoms with Crippen LogP contribution in [-0.2, 0) is 0 Å². The molecule has 0 spiro atoms. The fourth-order valence-corrected chi connectivity index (χ4v) is 1.56. The maximum atomic E-state index is 12.5. The number of carbonyl (C=O) groups is 1. The highest BCUT2D eigenvalue weighted by Gasteiger charge is 2.21. The predicted molar refractivity (Wildman–Crippen MR) is 53.6 cm³/mol. The molecule has 1 heterocycles. The van der Waals surface area contributed by atoms with Crippen LogP contribution in [0.25, 0.3) is 0 Å². The van der Waals surface area contributed by atoms with Crippen LogP contribution in [0.4, 0.5) is 8.78 Å². The first-order chi connectivity index (χ1) is 6.97. The standard InChI is InChI=1S/C8H5BrClF2NO2/c1-15-4-2-3(8(11)12)5(7(10)14)13-6(4)9/h2,8H,1H3. The monoisotopic (exact) mass is 299 g/mol. The number of rotatable bonds is 3. The van der Waals surface area contributed by atoms with Gasteiger partial charge in [0, 0.05) is 0 Å². The minimum atomic E-state index is -2.84. The van der Waals surface area contributed by atoms with E-state index in [2.05, 4.69) is 20.9 Å². The van der Waals surface area contributed by atoms with Crippen LogP contribution in [0, 0.1) is 0 Å². The summed E-state index contributed by atoms with van der Waals surface area (Å²) in [6.45, 7) is 0. The zero-order chi connectivity index (χ0) is 11.6. The third-order valence-corrected chi connectivity index (χ3v) is 2.36. The molecule has 1 aromatic rings. The molecule has 0 amide bonds. The van der Waals surface area contributed by atoms with Crippen molar-refractivity contribution < 1.29 is 18.3 Å². The van der Waals surface area contributed by atoms with Gasteiger partial charge in [-0.3, -0.25) is 4.79 Å². The zero-order valence-electron chi connectivity index (χ0n) is 7.43. The summed E-state index contributed by atoms with van der Waals surface area (Å²) in [5.74, 6) is 0.118. The topological polar surface area (TPSA) is 39.2 Å². The molecule has 0 unspecified atom stereocenters. The van der Waals surface area contributed by atoms with Crippen LogP contribution < -0.4 is 4.74 Å². The molecule has 3 nitrogen and oxygen atoms in total. The molecule has 0 aliphatic rings. The van der Waals surface area contributed by atoms with Gasteiger partial charge in [0.25, 0.3) is 11.7 Å². The Morgan fingerprint density at radius 1 is 1.67 bits per heavy atom. The second-order valence-corrected chi connectivity index (χ2v) is 3.59. The molecule has 1 aromatic heterocycles. The highest BCUT2D eigenvalue weighted by Crippen LogP contribution is 2.31. The Bertz CT molecular complexity index is 400. The normalized spacial score (nSPS) is 10.5. The fraction of sp³-hybridized carbons (Fsp3) is 0.250. The lowest BCUT2D eigenvalue weighted by Gasteiger charge is -2.08. The summed E-state index contributed by atoms with van der Waals surface area (Å²) >= 11 is 8.09. The largest absolute Gasteiger partial charge is 0.494 e. The molecule has 7 heteroatoms. The third-order valence-electron chi connectivity index (χ3n) is 1.61.